The highest BCUT2D eigenvalue weighted by atomic mass is 16.5. The largest absolute Gasteiger partial charge is 0.508 e. The lowest BCUT2D eigenvalue weighted by Gasteiger charge is -2.13. The van der Waals surface area contributed by atoms with E-state index in [4.69, 9.17) is 4.74 Å². The van der Waals surface area contributed by atoms with Gasteiger partial charge < -0.3 is 20.5 Å². The number of anilines is 2. The number of hydrogen-bond donors (Lipinski definition) is 3. The van der Waals surface area contributed by atoms with Gasteiger partial charge in [-0.2, -0.15) is 0 Å². The molecule has 3 N–H and O–H groups in total. The van der Waals surface area contributed by atoms with Crippen LogP contribution in [0.4, 0.5) is 11.5 Å². The zero-order valence-corrected chi connectivity index (χ0v) is 15.0. The van der Waals surface area contributed by atoms with Gasteiger partial charge in [0.05, 0.1) is 18.4 Å². The average molecular weight is 363 g/mol. The summed E-state index contributed by atoms with van der Waals surface area (Å²) < 4.78 is 5.33. The van der Waals surface area contributed by atoms with Gasteiger partial charge >= 0.3 is 0 Å². The number of phenolic OH excluding ortho intramolecular Hbond substituents is 1. The number of hydrogen-bond acceptors (Lipinski definition) is 5. The molecule has 0 radical (unpaired) electrons. The third-order valence-electron chi connectivity index (χ3n) is 4.02. The van der Waals surface area contributed by atoms with Crippen LogP contribution in [-0.2, 0) is 6.42 Å². The molecule has 0 bridgehead atoms. The predicted octanol–water partition coefficient (Wildman–Crippen LogP) is 3.51. The van der Waals surface area contributed by atoms with Crippen molar-refractivity contribution in [1.82, 2.24) is 10.3 Å². The predicted molar refractivity (Wildman–Crippen MR) is 105 cm³/mol. The maximum atomic E-state index is 12.6. The number of carbonyl (C=O) groups is 1. The normalized spacial score (nSPS) is 10.3. The number of methoxy groups -OCH3 is 1. The van der Waals surface area contributed by atoms with Gasteiger partial charge in [0.25, 0.3) is 5.91 Å². The van der Waals surface area contributed by atoms with Crippen LogP contribution in [0.2, 0.25) is 0 Å². The van der Waals surface area contributed by atoms with E-state index in [0.717, 1.165) is 11.3 Å². The molecule has 6 heteroatoms. The molecule has 2 aromatic carbocycles. The van der Waals surface area contributed by atoms with Gasteiger partial charge in [-0.15, -0.1) is 0 Å². The first-order chi connectivity index (χ1) is 13.2. The number of nitrogens with zero attached hydrogens (tertiary/aromatic N) is 1. The standard InChI is InChI=1S/C21H21N3O3/c1-27-19-10-3-2-9-18(19)24-20-17(8-5-12-22-20)21(26)23-13-11-15-6-4-7-16(25)14-15/h2-10,12,14,25H,11,13H2,1H3,(H,22,24)(H,23,26). The van der Waals surface area contributed by atoms with E-state index in [1.165, 1.54) is 0 Å². The van der Waals surface area contributed by atoms with E-state index in [2.05, 4.69) is 15.6 Å². The first kappa shape index (κ1) is 18.3. The molecular weight excluding hydrogens is 342 g/mol. The Bertz CT molecular complexity index is 928. The molecule has 1 aromatic heterocycles. The van der Waals surface area contributed by atoms with Crippen molar-refractivity contribution in [2.24, 2.45) is 0 Å². The average Bonchev–Trinajstić information content (AvgIpc) is 2.69. The second-order valence-corrected chi connectivity index (χ2v) is 5.90. The van der Waals surface area contributed by atoms with Gasteiger partial charge in [0.15, 0.2) is 0 Å². The number of pyridine rings is 1. The van der Waals surface area contributed by atoms with E-state index < -0.39 is 0 Å². The molecule has 1 amide bonds. The van der Waals surface area contributed by atoms with Crippen molar-refractivity contribution < 1.29 is 14.6 Å². The molecular formula is C21H21N3O3. The minimum absolute atomic E-state index is 0.217. The molecule has 3 aromatic rings. The number of aromatic hydroxyl groups is 1. The zero-order valence-electron chi connectivity index (χ0n) is 15.0. The smallest absolute Gasteiger partial charge is 0.255 e. The van der Waals surface area contributed by atoms with Gasteiger partial charge in [-0.1, -0.05) is 24.3 Å². The van der Waals surface area contributed by atoms with Crippen LogP contribution in [0.15, 0.2) is 66.9 Å². The monoisotopic (exact) mass is 363 g/mol. The summed E-state index contributed by atoms with van der Waals surface area (Å²) in [4.78, 5) is 16.9. The Morgan fingerprint density at radius 1 is 1.11 bits per heavy atom. The second-order valence-electron chi connectivity index (χ2n) is 5.90. The third-order valence-corrected chi connectivity index (χ3v) is 4.02. The van der Waals surface area contributed by atoms with Crippen molar-refractivity contribution in [2.45, 2.75) is 6.42 Å². The van der Waals surface area contributed by atoms with Crippen molar-refractivity contribution >= 4 is 17.4 Å². The Balaban J connectivity index is 1.68. The van der Waals surface area contributed by atoms with Gasteiger partial charge in [-0.05, 0) is 48.4 Å². The van der Waals surface area contributed by atoms with E-state index in [0.29, 0.717) is 30.1 Å². The van der Waals surface area contributed by atoms with Gasteiger partial charge in [-0.25, -0.2) is 4.98 Å². The first-order valence-corrected chi connectivity index (χ1v) is 8.58. The first-order valence-electron chi connectivity index (χ1n) is 8.58. The minimum Gasteiger partial charge on any atom is -0.508 e. The SMILES string of the molecule is COc1ccccc1Nc1ncccc1C(=O)NCCc1cccc(O)c1. The van der Waals surface area contributed by atoms with Crippen LogP contribution in [0, 0.1) is 0 Å². The van der Waals surface area contributed by atoms with Gasteiger partial charge in [0.2, 0.25) is 0 Å². The number of amides is 1. The molecule has 3 rings (SSSR count). The Kier molecular flexibility index (Phi) is 5.89. The molecule has 0 unspecified atom stereocenters. The van der Waals surface area contributed by atoms with Crippen molar-refractivity contribution in [3.05, 3.63) is 78.0 Å². The molecule has 0 saturated heterocycles. The molecule has 6 nitrogen and oxygen atoms in total. The summed E-state index contributed by atoms with van der Waals surface area (Å²) in [5, 5.41) is 15.6. The van der Waals surface area contributed by atoms with Crippen LogP contribution in [0.1, 0.15) is 15.9 Å². The summed E-state index contributed by atoms with van der Waals surface area (Å²) in [5.74, 6) is 1.12. The van der Waals surface area contributed by atoms with Crippen LogP contribution in [0.25, 0.3) is 0 Å². The highest BCUT2D eigenvalue weighted by Gasteiger charge is 2.13. The number of aromatic nitrogens is 1. The number of para-hydroxylation sites is 2. The number of benzene rings is 2. The van der Waals surface area contributed by atoms with Crippen molar-refractivity contribution in [1.29, 1.82) is 0 Å². The number of phenols is 1. The van der Waals surface area contributed by atoms with E-state index in [-0.39, 0.29) is 11.7 Å². The quantitative estimate of drug-likeness (QED) is 0.598. The Morgan fingerprint density at radius 3 is 2.78 bits per heavy atom. The Labute approximate surface area is 157 Å². The summed E-state index contributed by atoms with van der Waals surface area (Å²) in [6, 6.07) is 17.9. The number of carbonyl (C=O) groups excluding carboxylic acids is 1. The Hall–Kier alpha value is -3.54. The van der Waals surface area contributed by atoms with Crippen molar-refractivity contribution in [3.63, 3.8) is 0 Å². The molecule has 0 aliphatic heterocycles. The molecule has 27 heavy (non-hydrogen) atoms. The second kappa shape index (κ2) is 8.71. The van der Waals surface area contributed by atoms with E-state index in [9.17, 15) is 9.90 Å². The molecule has 0 aliphatic rings. The molecule has 138 valence electrons. The lowest BCUT2D eigenvalue weighted by molar-refractivity contribution is 0.0954. The van der Waals surface area contributed by atoms with E-state index in [1.807, 2.05) is 30.3 Å². The highest BCUT2D eigenvalue weighted by Crippen LogP contribution is 2.27. The number of ether oxygens (including phenoxy) is 1. The van der Waals surface area contributed by atoms with Crippen molar-refractivity contribution in [2.75, 3.05) is 19.0 Å². The molecule has 0 fully saturated rings. The highest BCUT2D eigenvalue weighted by molar-refractivity contribution is 5.99. The fourth-order valence-electron chi connectivity index (χ4n) is 2.69. The lowest BCUT2D eigenvalue weighted by atomic mass is 10.1. The fraction of sp³-hybridized carbons (Fsp3) is 0.143. The molecule has 0 saturated carbocycles. The Morgan fingerprint density at radius 2 is 1.96 bits per heavy atom. The topological polar surface area (TPSA) is 83.5 Å². The maximum Gasteiger partial charge on any atom is 0.255 e. The lowest BCUT2D eigenvalue weighted by Crippen LogP contribution is -2.26. The molecule has 1 heterocycles. The number of rotatable bonds is 7. The van der Waals surface area contributed by atoms with Crippen LogP contribution in [-0.4, -0.2) is 29.7 Å². The van der Waals surface area contributed by atoms with E-state index >= 15 is 0 Å². The number of nitrogens with one attached hydrogen (secondary N) is 2. The van der Waals surface area contributed by atoms with E-state index in [1.54, 1.807) is 43.6 Å². The fourth-order valence-corrected chi connectivity index (χ4v) is 2.69. The van der Waals surface area contributed by atoms with Gasteiger partial charge in [0, 0.05) is 12.7 Å². The van der Waals surface area contributed by atoms with Crippen LogP contribution in [0.3, 0.4) is 0 Å². The van der Waals surface area contributed by atoms with Crippen LogP contribution >= 0.6 is 0 Å². The van der Waals surface area contributed by atoms with Gasteiger partial charge in [-0.3, -0.25) is 4.79 Å². The minimum atomic E-state index is -0.222. The molecule has 0 spiro atoms. The summed E-state index contributed by atoms with van der Waals surface area (Å²) >= 11 is 0. The summed E-state index contributed by atoms with van der Waals surface area (Å²) in [7, 11) is 1.59. The molecule has 0 aliphatic carbocycles. The zero-order chi connectivity index (χ0) is 19.1. The summed E-state index contributed by atoms with van der Waals surface area (Å²) in [6.07, 6.45) is 2.25. The summed E-state index contributed by atoms with van der Waals surface area (Å²) in [5.41, 5.74) is 2.13. The van der Waals surface area contributed by atoms with Crippen LogP contribution < -0.4 is 15.4 Å². The third kappa shape index (κ3) is 4.76. The molecule has 0 atom stereocenters. The van der Waals surface area contributed by atoms with Gasteiger partial charge in [0.1, 0.15) is 17.3 Å². The summed E-state index contributed by atoms with van der Waals surface area (Å²) in [6.45, 7) is 0.450. The maximum absolute atomic E-state index is 12.6. The van der Waals surface area contributed by atoms with Crippen LogP contribution in [0.5, 0.6) is 11.5 Å². The van der Waals surface area contributed by atoms with Crippen molar-refractivity contribution in [3.8, 4) is 11.5 Å².